The van der Waals surface area contributed by atoms with Crippen molar-refractivity contribution in [3.63, 3.8) is 0 Å². The Balaban J connectivity index is 1.60. The highest BCUT2D eigenvalue weighted by Gasteiger charge is 2.07. The van der Waals surface area contributed by atoms with E-state index in [1.807, 2.05) is 47.7 Å². The maximum atomic E-state index is 11.9. The summed E-state index contributed by atoms with van der Waals surface area (Å²) >= 11 is 1.70. The lowest BCUT2D eigenvalue weighted by Crippen LogP contribution is -2.36. The molecule has 1 heterocycles. The quantitative estimate of drug-likeness (QED) is 0.716. The standard InChI is InChI=1S/C17H22N2O3S/c1-19(12-16-4-3-11-23-16)13-17(20)18-9-10-22-15-7-5-14(21-2)6-8-15/h3-8,11H,9-10,12-13H2,1-2H3,(H,18,20). The number of likely N-dealkylation sites (N-methyl/N-ethyl adjacent to an activating group) is 1. The number of benzene rings is 1. The second-order valence-corrected chi connectivity index (χ2v) is 6.16. The molecular formula is C17H22N2O3S. The fourth-order valence-corrected chi connectivity index (χ4v) is 2.84. The summed E-state index contributed by atoms with van der Waals surface area (Å²) in [6, 6.07) is 11.5. The maximum absolute atomic E-state index is 11.9. The molecule has 1 amide bonds. The van der Waals surface area contributed by atoms with Gasteiger partial charge in [0.25, 0.3) is 0 Å². The molecule has 6 heteroatoms. The van der Waals surface area contributed by atoms with Crippen LogP contribution in [0.1, 0.15) is 4.88 Å². The highest BCUT2D eigenvalue weighted by atomic mass is 32.1. The minimum atomic E-state index is 0.00221. The van der Waals surface area contributed by atoms with Gasteiger partial charge >= 0.3 is 0 Å². The first kappa shape index (κ1) is 17.3. The summed E-state index contributed by atoms with van der Waals surface area (Å²) in [7, 11) is 3.56. The van der Waals surface area contributed by atoms with E-state index in [2.05, 4.69) is 11.4 Å². The zero-order valence-corrected chi connectivity index (χ0v) is 14.3. The fourth-order valence-electron chi connectivity index (χ4n) is 2.06. The van der Waals surface area contributed by atoms with Crippen molar-refractivity contribution < 1.29 is 14.3 Å². The van der Waals surface area contributed by atoms with Crippen molar-refractivity contribution in [2.45, 2.75) is 6.54 Å². The zero-order valence-electron chi connectivity index (χ0n) is 13.5. The largest absolute Gasteiger partial charge is 0.497 e. The molecule has 124 valence electrons. The minimum absolute atomic E-state index is 0.00221. The number of rotatable bonds is 9. The summed E-state index contributed by atoms with van der Waals surface area (Å²) in [5, 5.41) is 4.90. The first-order valence-corrected chi connectivity index (χ1v) is 8.30. The third kappa shape index (κ3) is 6.30. The van der Waals surface area contributed by atoms with Crippen molar-refractivity contribution in [3.8, 4) is 11.5 Å². The van der Waals surface area contributed by atoms with Crippen LogP contribution in [-0.4, -0.2) is 44.7 Å². The average Bonchev–Trinajstić information content (AvgIpc) is 3.05. The maximum Gasteiger partial charge on any atom is 0.234 e. The number of carbonyl (C=O) groups excluding carboxylic acids is 1. The number of nitrogens with one attached hydrogen (secondary N) is 1. The lowest BCUT2D eigenvalue weighted by Gasteiger charge is -2.15. The normalized spacial score (nSPS) is 10.6. The topological polar surface area (TPSA) is 50.8 Å². The first-order chi connectivity index (χ1) is 11.2. The van der Waals surface area contributed by atoms with Crippen LogP contribution in [0.15, 0.2) is 41.8 Å². The lowest BCUT2D eigenvalue weighted by atomic mass is 10.3. The van der Waals surface area contributed by atoms with Gasteiger partial charge in [0, 0.05) is 11.4 Å². The molecule has 2 aromatic rings. The van der Waals surface area contributed by atoms with Crippen LogP contribution in [0, 0.1) is 0 Å². The molecule has 23 heavy (non-hydrogen) atoms. The molecule has 0 saturated heterocycles. The Labute approximate surface area is 140 Å². The minimum Gasteiger partial charge on any atom is -0.497 e. The Hall–Kier alpha value is -2.05. The molecule has 2 rings (SSSR count). The van der Waals surface area contributed by atoms with E-state index < -0.39 is 0 Å². The van der Waals surface area contributed by atoms with E-state index in [9.17, 15) is 4.79 Å². The van der Waals surface area contributed by atoms with Crippen molar-refractivity contribution in [3.05, 3.63) is 46.7 Å². The van der Waals surface area contributed by atoms with E-state index in [4.69, 9.17) is 9.47 Å². The number of hydrogen-bond donors (Lipinski definition) is 1. The Morgan fingerprint density at radius 2 is 1.96 bits per heavy atom. The number of methoxy groups -OCH3 is 1. The third-order valence-electron chi connectivity index (χ3n) is 3.17. The number of ether oxygens (including phenoxy) is 2. The van der Waals surface area contributed by atoms with Gasteiger partial charge in [0.2, 0.25) is 5.91 Å². The predicted octanol–water partition coefficient (Wildman–Crippen LogP) is 2.38. The predicted molar refractivity (Wildman–Crippen MR) is 92.2 cm³/mol. The molecule has 0 atom stereocenters. The van der Waals surface area contributed by atoms with Gasteiger partial charge in [0.1, 0.15) is 18.1 Å². The number of hydrogen-bond acceptors (Lipinski definition) is 5. The van der Waals surface area contributed by atoms with E-state index in [0.717, 1.165) is 18.0 Å². The third-order valence-corrected chi connectivity index (χ3v) is 4.03. The van der Waals surface area contributed by atoms with Gasteiger partial charge in [-0.25, -0.2) is 0 Å². The molecule has 1 aromatic heterocycles. The van der Waals surface area contributed by atoms with Gasteiger partial charge in [0.05, 0.1) is 20.2 Å². The van der Waals surface area contributed by atoms with Gasteiger partial charge in [0.15, 0.2) is 0 Å². The molecule has 0 unspecified atom stereocenters. The zero-order chi connectivity index (χ0) is 16.5. The van der Waals surface area contributed by atoms with E-state index in [-0.39, 0.29) is 5.91 Å². The second kappa shape index (κ2) is 9.17. The number of amides is 1. The molecule has 0 aliphatic carbocycles. The van der Waals surface area contributed by atoms with Crippen LogP contribution in [0.2, 0.25) is 0 Å². The van der Waals surface area contributed by atoms with E-state index in [0.29, 0.717) is 19.7 Å². The van der Waals surface area contributed by atoms with Crippen LogP contribution in [0.3, 0.4) is 0 Å². The van der Waals surface area contributed by atoms with E-state index >= 15 is 0 Å². The van der Waals surface area contributed by atoms with Crippen LogP contribution in [0.25, 0.3) is 0 Å². The van der Waals surface area contributed by atoms with Crippen LogP contribution in [0.4, 0.5) is 0 Å². The molecule has 0 saturated carbocycles. The monoisotopic (exact) mass is 334 g/mol. The summed E-state index contributed by atoms with van der Waals surface area (Å²) in [6.45, 7) is 2.08. The van der Waals surface area contributed by atoms with Gasteiger partial charge in [-0.05, 0) is 42.8 Å². The summed E-state index contributed by atoms with van der Waals surface area (Å²) in [5.74, 6) is 1.55. The van der Waals surface area contributed by atoms with Crippen LogP contribution < -0.4 is 14.8 Å². The van der Waals surface area contributed by atoms with Gasteiger partial charge in [-0.1, -0.05) is 6.07 Å². The van der Waals surface area contributed by atoms with Crippen molar-refractivity contribution in [1.29, 1.82) is 0 Å². The van der Waals surface area contributed by atoms with Gasteiger partial charge in [-0.15, -0.1) is 11.3 Å². The summed E-state index contributed by atoms with van der Waals surface area (Å²) in [5.41, 5.74) is 0. The van der Waals surface area contributed by atoms with Gasteiger partial charge in [-0.2, -0.15) is 0 Å². The molecule has 0 bridgehead atoms. The second-order valence-electron chi connectivity index (χ2n) is 5.13. The number of carbonyl (C=O) groups is 1. The van der Waals surface area contributed by atoms with E-state index in [1.54, 1.807) is 18.4 Å². The van der Waals surface area contributed by atoms with Gasteiger partial charge < -0.3 is 14.8 Å². The Morgan fingerprint density at radius 1 is 1.22 bits per heavy atom. The van der Waals surface area contributed by atoms with Crippen molar-refractivity contribution in [1.82, 2.24) is 10.2 Å². The first-order valence-electron chi connectivity index (χ1n) is 7.42. The van der Waals surface area contributed by atoms with E-state index in [1.165, 1.54) is 4.88 Å². The Morgan fingerprint density at radius 3 is 2.61 bits per heavy atom. The van der Waals surface area contributed by atoms with Crippen molar-refractivity contribution >= 4 is 17.2 Å². The van der Waals surface area contributed by atoms with Crippen LogP contribution in [-0.2, 0) is 11.3 Å². The van der Waals surface area contributed by atoms with Crippen LogP contribution in [0.5, 0.6) is 11.5 Å². The fraction of sp³-hybridized carbons (Fsp3) is 0.353. The molecule has 0 spiro atoms. The Bertz CT molecular complexity index is 584. The molecular weight excluding hydrogens is 312 g/mol. The van der Waals surface area contributed by atoms with Crippen molar-refractivity contribution in [2.24, 2.45) is 0 Å². The molecule has 1 aromatic carbocycles. The SMILES string of the molecule is COc1ccc(OCCNC(=O)CN(C)Cc2cccs2)cc1. The summed E-state index contributed by atoms with van der Waals surface area (Å²) in [4.78, 5) is 15.1. The highest BCUT2D eigenvalue weighted by molar-refractivity contribution is 7.09. The lowest BCUT2D eigenvalue weighted by molar-refractivity contribution is -0.122. The molecule has 0 fully saturated rings. The molecule has 1 N–H and O–H groups in total. The smallest absolute Gasteiger partial charge is 0.234 e. The summed E-state index contributed by atoms with van der Waals surface area (Å²) in [6.07, 6.45) is 0. The average molecular weight is 334 g/mol. The molecule has 0 aliphatic heterocycles. The molecule has 5 nitrogen and oxygen atoms in total. The number of thiophene rings is 1. The molecule has 0 radical (unpaired) electrons. The van der Waals surface area contributed by atoms with Crippen molar-refractivity contribution in [2.75, 3.05) is 33.9 Å². The van der Waals surface area contributed by atoms with Gasteiger partial charge in [-0.3, -0.25) is 9.69 Å². The molecule has 0 aliphatic rings. The number of nitrogens with zero attached hydrogens (tertiary/aromatic N) is 1. The Kier molecular flexibility index (Phi) is 6.90. The summed E-state index contributed by atoms with van der Waals surface area (Å²) < 4.78 is 10.6. The highest BCUT2D eigenvalue weighted by Crippen LogP contribution is 2.16. The van der Waals surface area contributed by atoms with Crippen LogP contribution >= 0.6 is 11.3 Å².